The van der Waals surface area contributed by atoms with E-state index in [0.29, 0.717) is 17.1 Å². The highest BCUT2D eigenvalue weighted by atomic mass is 79.9. The Morgan fingerprint density at radius 2 is 2.05 bits per heavy atom. The summed E-state index contributed by atoms with van der Waals surface area (Å²) in [6.07, 6.45) is 0.921. The Labute approximate surface area is 123 Å². The van der Waals surface area contributed by atoms with Crippen LogP contribution in [0.25, 0.3) is 0 Å². The van der Waals surface area contributed by atoms with E-state index >= 15 is 0 Å². The summed E-state index contributed by atoms with van der Waals surface area (Å²) >= 11 is 4.59. The topological polar surface area (TPSA) is 63.5 Å². The third-order valence-corrected chi connectivity index (χ3v) is 4.72. The van der Waals surface area contributed by atoms with Crippen LogP contribution < -0.4 is 0 Å². The number of nitrogens with zero attached hydrogens (tertiary/aromatic N) is 2. The molecule has 2 rings (SSSR count). The highest BCUT2D eigenvalue weighted by Crippen LogP contribution is 2.33. The van der Waals surface area contributed by atoms with Crippen molar-refractivity contribution in [2.75, 3.05) is 12.3 Å². The van der Waals surface area contributed by atoms with E-state index in [4.69, 9.17) is 0 Å². The zero-order valence-electron chi connectivity index (χ0n) is 9.91. The largest absolute Gasteiger partial charge is 0.347 e. The fraction of sp³-hybridized carbons (Fsp3) is 0.250. The molecule has 0 saturated carbocycles. The number of hydrogen-bond acceptors (Lipinski definition) is 5. The number of Topliss-reactive ketones (excluding diaryl/α,β-unsaturated/α-hetero) is 1. The Hall–Kier alpha value is -1.34. The molecule has 0 aromatic heterocycles. The molecule has 1 aromatic rings. The van der Waals surface area contributed by atoms with E-state index in [1.165, 1.54) is 11.8 Å². The highest BCUT2D eigenvalue weighted by molar-refractivity contribution is 9.07. The quantitative estimate of drug-likeness (QED) is 0.277. The van der Waals surface area contributed by atoms with Gasteiger partial charge in [-0.15, -0.1) is 11.8 Å². The first-order valence-electron chi connectivity index (χ1n) is 5.66. The van der Waals surface area contributed by atoms with Crippen molar-refractivity contribution >= 4 is 33.7 Å². The minimum Gasteiger partial charge on any atom is -0.297 e. The first-order valence-corrected chi connectivity index (χ1v) is 7.35. The van der Waals surface area contributed by atoms with Gasteiger partial charge in [-0.3, -0.25) is 18.8 Å². The molecule has 5 nitrogen and oxygen atoms in total. The predicted octanol–water partition coefficient (Wildman–Crippen LogP) is 3.06. The lowest BCUT2D eigenvalue weighted by molar-refractivity contribution is -0.417. The lowest BCUT2D eigenvalue weighted by Gasteiger charge is -2.23. The number of halogens is 1. The van der Waals surface area contributed by atoms with Gasteiger partial charge in [0.2, 0.25) is 0 Å². The van der Waals surface area contributed by atoms with E-state index in [1.807, 2.05) is 0 Å². The van der Waals surface area contributed by atoms with E-state index < -0.39 is 10.7 Å². The number of ketones is 1. The monoisotopic (exact) mass is 342 g/mol. The second-order valence-electron chi connectivity index (χ2n) is 3.89. The summed E-state index contributed by atoms with van der Waals surface area (Å²) in [6, 6.07) is 8.31. The zero-order chi connectivity index (χ0) is 13.8. The van der Waals surface area contributed by atoms with Gasteiger partial charge in [-0.25, -0.2) is 0 Å². The van der Waals surface area contributed by atoms with Crippen LogP contribution in [0.4, 0.5) is 0 Å². The maximum atomic E-state index is 12.3. The Bertz CT molecular complexity index is 533. The van der Waals surface area contributed by atoms with Crippen LogP contribution >= 0.6 is 27.9 Å². The first-order chi connectivity index (χ1) is 9.11. The number of nitro groups is 1. The standard InChI is InChI=1S/C12H11BrN2O3S/c13-14-7-4-8-19-12(14)10(15(17)18)11(16)9-5-2-1-3-6-9/h1-3,5-6H,4,7-8H2/b12-10+. The van der Waals surface area contributed by atoms with Gasteiger partial charge >= 0.3 is 5.70 Å². The number of carbonyl (C=O) groups is 1. The van der Waals surface area contributed by atoms with Crippen LogP contribution in [0, 0.1) is 10.1 Å². The molecule has 0 amide bonds. The molecule has 1 saturated heterocycles. The Morgan fingerprint density at radius 1 is 1.37 bits per heavy atom. The smallest absolute Gasteiger partial charge is 0.297 e. The fourth-order valence-electron chi connectivity index (χ4n) is 1.71. The first kappa shape index (κ1) is 14.1. The number of carbonyl (C=O) groups excluding carboxylic acids is 1. The van der Waals surface area contributed by atoms with Crippen LogP contribution in [0.3, 0.4) is 0 Å². The normalized spacial score (nSPS) is 18.1. The van der Waals surface area contributed by atoms with Gasteiger partial charge in [-0.1, -0.05) is 30.3 Å². The zero-order valence-corrected chi connectivity index (χ0v) is 12.3. The maximum absolute atomic E-state index is 12.3. The van der Waals surface area contributed by atoms with Crippen LogP contribution in [0.1, 0.15) is 16.8 Å². The molecule has 0 radical (unpaired) electrons. The van der Waals surface area contributed by atoms with E-state index in [1.54, 1.807) is 34.3 Å². The van der Waals surface area contributed by atoms with Crippen LogP contribution in [0.5, 0.6) is 0 Å². The summed E-state index contributed by atoms with van der Waals surface area (Å²) in [5.74, 6) is 0.219. The van der Waals surface area contributed by atoms with E-state index in [0.717, 1.165) is 12.2 Å². The predicted molar refractivity (Wildman–Crippen MR) is 77.5 cm³/mol. The molecule has 0 unspecified atom stereocenters. The number of rotatable bonds is 3. The van der Waals surface area contributed by atoms with Gasteiger partial charge in [0, 0.05) is 17.9 Å². The summed E-state index contributed by atoms with van der Waals surface area (Å²) in [4.78, 5) is 22.9. The minimum atomic E-state index is -0.600. The van der Waals surface area contributed by atoms with Gasteiger partial charge in [0.15, 0.2) is 5.03 Å². The molecule has 19 heavy (non-hydrogen) atoms. The van der Waals surface area contributed by atoms with Crippen molar-refractivity contribution < 1.29 is 9.72 Å². The molecule has 100 valence electrons. The molecule has 1 aliphatic rings. The molecule has 0 atom stereocenters. The van der Waals surface area contributed by atoms with E-state index in [9.17, 15) is 14.9 Å². The van der Waals surface area contributed by atoms with Crippen LogP contribution in [-0.2, 0) is 0 Å². The molecule has 0 bridgehead atoms. The second-order valence-corrected chi connectivity index (χ2v) is 5.83. The second kappa shape index (κ2) is 6.21. The van der Waals surface area contributed by atoms with Crippen molar-refractivity contribution in [2.45, 2.75) is 6.42 Å². The molecule has 0 spiro atoms. The summed E-state index contributed by atoms with van der Waals surface area (Å²) in [5, 5.41) is 11.6. The third kappa shape index (κ3) is 3.16. The average Bonchev–Trinajstić information content (AvgIpc) is 2.42. The Kier molecular flexibility index (Phi) is 4.60. The van der Waals surface area contributed by atoms with Crippen molar-refractivity contribution in [3.63, 3.8) is 0 Å². The maximum Gasteiger partial charge on any atom is 0.347 e. The van der Waals surface area contributed by atoms with Crippen molar-refractivity contribution in [1.82, 2.24) is 3.93 Å². The Morgan fingerprint density at radius 3 is 2.63 bits per heavy atom. The van der Waals surface area contributed by atoms with Gasteiger partial charge in [0.1, 0.15) is 0 Å². The van der Waals surface area contributed by atoms with Gasteiger partial charge in [-0.05, 0) is 6.42 Å². The number of benzene rings is 1. The van der Waals surface area contributed by atoms with Crippen LogP contribution in [0.15, 0.2) is 41.1 Å². The third-order valence-electron chi connectivity index (χ3n) is 2.59. The number of thioether (sulfide) groups is 1. The summed E-state index contributed by atoms with van der Waals surface area (Å²) in [5.41, 5.74) is -0.0402. The van der Waals surface area contributed by atoms with Gasteiger partial charge in [0.05, 0.1) is 21.1 Å². The lowest BCUT2D eigenvalue weighted by atomic mass is 10.1. The number of allylic oxidation sites excluding steroid dienone is 1. The minimum absolute atomic E-state index is 0.328. The molecule has 1 aromatic carbocycles. The molecule has 1 aliphatic heterocycles. The summed E-state index contributed by atoms with van der Waals surface area (Å²) < 4.78 is 1.60. The van der Waals surface area contributed by atoms with Crippen LogP contribution in [0.2, 0.25) is 0 Å². The van der Waals surface area contributed by atoms with Gasteiger partial charge in [-0.2, -0.15) is 0 Å². The van der Waals surface area contributed by atoms with Crippen molar-refractivity contribution in [1.29, 1.82) is 0 Å². The van der Waals surface area contributed by atoms with Crippen LogP contribution in [-0.4, -0.2) is 26.9 Å². The summed E-state index contributed by atoms with van der Waals surface area (Å²) in [6.45, 7) is 0.655. The average molecular weight is 343 g/mol. The van der Waals surface area contributed by atoms with Gasteiger partial charge in [0.25, 0.3) is 5.78 Å². The SMILES string of the molecule is O=C(/C(=C1\SCCCN1Br)[N+](=O)[O-])c1ccccc1. The molecule has 0 N–H and O–H groups in total. The van der Waals surface area contributed by atoms with E-state index in [2.05, 4.69) is 16.1 Å². The molecular weight excluding hydrogens is 332 g/mol. The molecule has 1 heterocycles. The highest BCUT2D eigenvalue weighted by Gasteiger charge is 2.32. The number of hydrogen-bond donors (Lipinski definition) is 0. The van der Waals surface area contributed by atoms with Crippen molar-refractivity contribution in [3.8, 4) is 0 Å². The van der Waals surface area contributed by atoms with Crippen molar-refractivity contribution in [3.05, 3.63) is 56.7 Å². The molecule has 0 aliphatic carbocycles. The fourth-order valence-corrected chi connectivity index (χ4v) is 3.44. The Balaban J connectivity index is 2.43. The van der Waals surface area contributed by atoms with Crippen molar-refractivity contribution in [2.24, 2.45) is 0 Å². The summed E-state index contributed by atoms with van der Waals surface area (Å²) in [7, 11) is 0. The molecule has 1 fully saturated rings. The van der Waals surface area contributed by atoms with E-state index in [-0.39, 0.29) is 5.70 Å². The molecular formula is C12H11BrN2O3S. The molecule has 7 heteroatoms. The lowest BCUT2D eigenvalue weighted by Crippen LogP contribution is -2.24. The van der Waals surface area contributed by atoms with Gasteiger partial charge < -0.3 is 0 Å².